The molecule has 1 nitrogen and oxygen atoms in total. The summed E-state index contributed by atoms with van der Waals surface area (Å²) in [5.74, 6) is 0.109. The fourth-order valence-corrected chi connectivity index (χ4v) is 3.71. The van der Waals surface area contributed by atoms with E-state index in [0.717, 1.165) is 25.7 Å². The molecule has 1 aliphatic rings. The summed E-state index contributed by atoms with van der Waals surface area (Å²) in [6.07, 6.45) is 17.2. The molecule has 1 N–H and O–H groups in total. The van der Waals surface area contributed by atoms with E-state index in [9.17, 15) is 5.11 Å². The molecule has 0 radical (unpaired) electrons. The van der Waals surface area contributed by atoms with Crippen LogP contribution in [0.4, 0.5) is 0 Å². The Balaban J connectivity index is 2.23. The number of unbranched alkanes of at least 4 members (excludes halogenated alkanes) is 2. The van der Waals surface area contributed by atoms with Crippen molar-refractivity contribution >= 4 is 0 Å². The van der Waals surface area contributed by atoms with Gasteiger partial charge in [-0.15, -0.1) is 6.58 Å². The highest BCUT2D eigenvalue weighted by Crippen LogP contribution is 2.40. The molecular weight excluding hydrogens is 292 g/mol. The normalized spacial score (nSPS) is 23.4. The lowest BCUT2D eigenvalue weighted by Gasteiger charge is -2.37. The summed E-state index contributed by atoms with van der Waals surface area (Å²) in [6.45, 7) is 7.96. The molecule has 1 heteroatoms. The van der Waals surface area contributed by atoms with Crippen molar-refractivity contribution in [3.05, 3.63) is 72.9 Å². The van der Waals surface area contributed by atoms with Crippen LogP contribution >= 0.6 is 0 Å². The third-order valence-electron chi connectivity index (χ3n) is 5.61. The Morgan fingerprint density at radius 1 is 1.08 bits per heavy atom. The van der Waals surface area contributed by atoms with Gasteiger partial charge >= 0.3 is 0 Å². The molecule has 0 saturated carbocycles. The molecule has 0 aliphatic heterocycles. The molecule has 0 saturated heterocycles. The van der Waals surface area contributed by atoms with Crippen LogP contribution in [0.1, 0.15) is 57.9 Å². The number of hydrogen-bond acceptors (Lipinski definition) is 1. The minimum Gasteiger partial charge on any atom is -0.389 e. The van der Waals surface area contributed by atoms with Crippen molar-refractivity contribution in [3.8, 4) is 0 Å². The highest BCUT2D eigenvalue weighted by molar-refractivity contribution is 5.40. The lowest BCUT2D eigenvalue weighted by atomic mass is 9.69. The first-order valence-corrected chi connectivity index (χ1v) is 9.38. The number of rotatable bonds is 9. The van der Waals surface area contributed by atoms with Gasteiger partial charge in [-0.05, 0) is 37.7 Å². The van der Waals surface area contributed by atoms with Crippen LogP contribution in [0.25, 0.3) is 0 Å². The largest absolute Gasteiger partial charge is 0.389 e. The first-order chi connectivity index (χ1) is 11.6. The van der Waals surface area contributed by atoms with Crippen molar-refractivity contribution in [1.29, 1.82) is 0 Å². The molecule has 1 aromatic rings. The number of benzene rings is 1. The van der Waals surface area contributed by atoms with Gasteiger partial charge in [-0.2, -0.15) is 0 Å². The number of hydrogen-bond donors (Lipinski definition) is 1. The van der Waals surface area contributed by atoms with Crippen LogP contribution in [0.5, 0.6) is 0 Å². The summed E-state index contributed by atoms with van der Waals surface area (Å²) in [5, 5.41) is 10.8. The first-order valence-electron chi connectivity index (χ1n) is 9.38. The minimum absolute atomic E-state index is 0.0404. The minimum atomic E-state index is -0.626. The fraction of sp³-hybridized carbons (Fsp3) is 0.478. The quantitative estimate of drug-likeness (QED) is 0.438. The summed E-state index contributed by atoms with van der Waals surface area (Å²) >= 11 is 0. The summed E-state index contributed by atoms with van der Waals surface area (Å²) in [5.41, 5.74) is 0.672. The molecule has 1 aromatic carbocycles. The van der Waals surface area contributed by atoms with Crippen LogP contribution < -0.4 is 0 Å². The van der Waals surface area contributed by atoms with Crippen LogP contribution in [-0.4, -0.2) is 10.7 Å². The molecule has 0 bridgehead atoms. The molecule has 1 aliphatic carbocycles. The predicted molar refractivity (Wildman–Crippen MR) is 104 cm³/mol. The molecule has 2 rings (SSSR count). The van der Waals surface area contributed by atoms with Crippen LogP contribution in [-0.2, 0) is 5.41 Å². The maximum absolute atomic E-state index is 10.8. The van der Waals surface area contributed by atoms with Gasteiger partial charge in [-0.25, -0.2) is 0 Å². The Kier molecular flexibility index (Phi) is 6.62. The van der Waals surface area contributed by atoms with Crippen LogP contribution in [0.2, 0.25) is 0 Å². The van der Waals surface area contributed by atoms with Gasteiger partial charge in [0.2, 0.25) is 0 Å². The van der Waals surface area contributed by atoms with Gasteiger partial charge in [-0.1, -0.05) is 81.0 Å². The van der Waals surface area contributed by atoms with E-state index < -0.39 is 5.60 Å². The van der Waals surface area contributed by atoms with E-state index in [4.69, 9.17) is 0 Å². The van der Waals surface area contributed by atoms with E-state index in [2.05, 4.69) is 75.1 Å². The maximum Gasteiger partial charge on any atom is 0.0739 e. The Morgan fingerprint density at radius 2 is 1.71 bits per heavy atom. The second kappa shape index (κ2) is 8.48. The van der Waals surface area contributed by atoms with E-state index >= 15 is 0 Å². The molecule has 0 amide bonds. The van der Waals surface area contributed by atoms with Crippen LogP contribution in [0, 0.1) is 5.92 Å². The van der Waals surface area contributed by atoms with E-state index in [-0.39, 0.29) is 11.3 Å². The van der Waals surface area contributed by atoms with Gasteiger partial charge in [-0.3, -0.25) is 0 Å². The van der Waals surface area contributed by atoms with Gasteiger partial charge in [0.1, 0.15) is 0 Å². The molecule has 0 heterocycles. The van der Waals surface area contributed by atoms with Crippen LogP contribution in [0.3, 0.4) is 0 Å². The highest BCUT2D eigenvalue weighted by Gasteiger charge is 2.35. The number of aliphatic hydroxyl groups is 1. The predicted octanol–water partition coefficient (Wildman–Crippen LogP) is 5.96. The summed E-state index contributed by atoms with van der Waals surface area (Å²) in [6, 6.07) is 10.7. The van der Waals surface area contributed by atoms with Gasteiger partial charge in [0.05, 0.1) is 5.60 Å². The van der Waals surface area contributed by atoms with Crippen molar-refractivity contribution < 1.29 is 5.11 Å². The summed E-state index contributed by atoms with van der Waals surface area (Å²) in [4.78, 5) is 0. The van der Waals surface area contributed by atoms with E-state index in [1.165, 1.54) is 18.4 Å². The Morgan fingerprint density at radius 3 is 2.25 bits per heavy atom. The molecule has 0 aromatic heterocycles. The Bertz CT molecular complexity index is 549. The monoisotopic (exact) mass is 324 g/mol. The zero-order valence-corrected chi connectivity index (χ0v) is 15.2. The lowest BCUT2D eigenvalue weighted by Crippen LogP contribution is -2.37. The van der Waals surface area contributed by atoms with Crippen LogP contribution in [0.15, 0.2) is 67.3 Å². The lowest BCUT2D eigenvalue weighted by molar-refractivity contribution is 0.00683. The van der Waals surface area contributed by atoms with Crippen molar-refractivity contribution in [2.45, 2.75) is 63.4 Å². The van der Waals surface area contributed by atoms with Gasteiger partial charge in [0.15, 0.2) is 0 Å². The SMILES string of the molecule is C=CCCCCC1(c2ccccc2)C=CC(C(O)(CC)CC)C=C1. The molecule has 0 spiro atoms. The Hall–Kier alpha value is -1.60. The van der Waals surface area contributed by atoms with Crippen molar-refractivity contribution in [2.24, 2.45) is 5.92 Å². The smallest absolute Gasteiger partial charge is 0.0739 e. The standard InChI is InChI=1S/C23H32O/c1-4-7-8-12-17-22(20-13-10-9-11-14-20)18-15-21(16-19-22)23(24,5-2)6-3/h4,9-11,13-16,18-19,21,24H,1,5-8,12,17H2,2-3H3. The summed E-state index contributed by atoms with van der Waals surface area (Å²) in [7, 11) is 0. The average molecular weight is 325 g/mol. The fourth-order valence-electron chi connectivity index (χ4n) is 3.71. The van der Waals surface area contributed by atoms with Crippen molar-refractivity contribution in [3.63, 3.8) is 0 Å². The topological polar surface area (TPSA) is 20.2 Å². The molecule has 0 unspecified atom stereocenters. The maximum atomic E-state index is 10.8. The van der Waals surface area contributed by atoms with E-state index in [1.807, 2.05) is 6.08 Å². The average Bonchev–Trinajstić information content (AvgIpc) is 2.66. The van der Waals surface area contributed by atoms with Crippen molar-refractivity contribution in [2.75, 3.05) is 0 Å². The van der Waals surface area contributed by atoms with Crippen molar-refractivity contribution in [1.82, 2.24) is 0 Å². The van der Waals surface area contributed by atoms with Gasteiger partial charge in [0, 0.05) is 11.3 Å². The van der Waals surface area contributed by atoms with Gasteiger partial charge in [0.25, 0.3) is 0 Å². The molecule has 0 atom stereocenters. The number of allylic oxidation sites excluding steroid dienone is 3. The van der Waals surface area contributed by atoms with E-state index in [1.54, 1.807) is 0 Å². The zero-order chi connectivity index (χ0) is 17.5. The molecule has 0 fully saturated rings. The molecule has 130 valence electrons. The second-order valence-corrected chi connectivity index (χ2v) is 7.00. The van der Waals surface area contributed by atoms with Gasteiger partial charge < -0.3 is 5.11 Å². The second-order valence-electron chi connectivity index (χ2n) is 7.00. The molecular formula is C23H32O. The molecule has 24 heavy (non-hydrogen) atoms. The Labute approximate surface area is 147 Å². The third kappa shape index (κ3) is 4.08. The third-order valence-corrected chi connectivity index (χ3v) is 5.61. The highest BCUT2D eigenvalue weighted by atomic mass is 16.3. The first kappa shape index (κ1) is 18.7. The summed E-state index contributed by atoms with van der Waals surface area (Å²) < 4.78 is 0. The van der Waals surface area contributed by atoms with E-state index in [0.29, 0.717) is 0 Å². The zero-order valence-electron chi connectivity index (χ0n) is 15.2.